The Morgan fingerprint density at radius 2 is 1.95 bits per heavy atom. The summed E-state index contributed by atoms with van der Waals surface area (Å²) in [5.41, 5.74) is 1.75. The molecule has 118 valence electrons. The van der Waals surface area contributed by atoms with E-state index in [-0.39, 0.29) is 11.8 Å². The van der Waals surface area contributed by atoms with Crippen LogP contribution in [0, 0.1) is 5.92 Å². The van der Waals surface area contributed by atoms with Gasteiger partial charge >= 0.3 is 0 Å². The average molecular weight is 292 g/mol. The van der Waals surface area contributed by atoms with Crippen molar-refractivity contribution in [2.45, 2.75) is 39.3 Å². The molecule has 1 aromatic carbocycles. The first kappa shape index (κ1) is 17.7. The maximum absolute atomic E-state index is 12.2. The molecule has 0 radical (unpaired) electrons. The number of benzene rings is 1. The highest BCUT2D eigenvalue weighted by atomic mass is 16.3. The van der Waals surface area contributed by atoms with Crippen LogP contribution in [-0.4, -0.2) is 42.7 Å². The lowest BCUT2D eigenvalue weighted by atomic mass is 9.96. The van der Waals surface area contributed by atoms with Crippen molar-refractivity contribution in [3.8, 4) is 0 Å². The van der Waals surface area contributed by atoms with E-state index in [1.54, 1.807) is 6.07 Å². The van der Waals surface area contributed by atoms with E-state index in [9.17, 15) is 9.90 Å². The van der Waals surface area contributed by atoms with Crippen LogP contribution in [0.3, 0.4) is 0 Å². The molecule has 1 unspecified atom stereocenters. The molecule has 4 heteroatoms. The largest absolute Gasteiger partial charge is 0.391 e. The van der Waals surface area contributed by atoms with Crippen LogP contribution < -0.4 is 5.32 Å². The summed E-state index contributed by atoms with van der Waals surface area (Å²) in [6, 6.07) is 7.61. The van der Waals surface area contributed by atoms with Gasteiger partial charge in [0, 0.05) is 18.7 Å². The van der Waals surface area contributed by atoms with Crippen LogP contribution in [0.25, 0.3) is 0 Å². The van der Waals surface area contributed by atoms with Gasteiger partial charge in [-0.1, -0.05) is 38.8 Å². The minimum atomic E-state index is -0.478. The maximum Gasteiger partial charge on any atom is 0.251 e. The lowest BCUT2D eigenvalue weighted by Crippen LogP contribution is -2.36. The van der Waals surface area contributed by atoms with E-state index in [4.69, 9.17) is 0 Å². The molecule has 4 nitrogen and oxygen atoms in total. The molecule has 2 N–H and O–H groups in total. The van der Waals surface area contributed by atoms with E-state index in [2.05, 4.69) is 24.1 Å². The molecule has 21 heavy (non-hydrogen) atoms. The Kier molecular flexibility index (Phi) is 7.40. The van der Waals surface area contributed by atoms with Crippen LogP contribution in [0.5, 0.6) is 0 Å². The standard InChI is InChI=1S/C17H28N2O2/c1-5-14(6-2)16(20)11-18-17(21)15-9-7-8-13(10-15)12-19(3)4/h7-10,14,16,20H,5-6,11-12H2,1-4H3,(H,18,21). The zero-order valence-corrected chi connectivity index (χ0v) is 13.6. The number of carbonyl (C=O) groups excluding carboxylic acids is 1. The van der Waals surface area contributed by atoms with Crippen LogP contribution in [-0.2, 0) is 6.54 Å². The lowest BCUT2D eigenvalue weighted by molar-refractivity contribution is 0.0816. The summed E-state index contributed by atoms with van der Waals surface area (Å²) < 4.78 is 0. The second kappa shape index (κ2) is 8.80. The molecule has 1 aromatic rings. The fraction of sp³-hybridized carbons (Fsp3) is 0.588. The van der Waals surface area contributed by atoms with Crippen molar-refractivity contribution in [3.05, 3.63) is 35.4 Å². The third-order valence-corrected chi connectivity index (χ3v) is 3.75. The van der Waals surface area contributed by atoms with E-state index in [0.29, 0.717) is 12.1 Å². The van der Waals surface area contributed by atoms with Crippen molar-refractivity contribution >= 4 is 5.91 Å². The smallest absolute Gasteiger partial charge is 0.251 e. The molecule has 1 rings (SSSR count). The Balaban J connectivity index is 2.59. The van der Waals surface area contributed by atoms with Crippen LogP contribution in [0.1, 0.15) is 42.6 Å². The number of hydrogen-bond acceptors (Lipinski definition) is 3. The van der Waals surface area contributed by atoms with Crippen molar-refractivity contribution in [2.24, 2.45) is 5.92 Å². The summed E-state index contributed by atoms with van der Waals surface area (Å²) >= 11 is 0. The van der Waals surface area contributed by atoms with E-state index < -0.39 is 6.10 Å². The quantitative estimate of drug-likeness (QED) is 0.773. The molecule has 0 saturated heterocycles. The third-order valence-electron chi connectivity index (χ3n) is 3.75. The van der Waals surface area contributed by atoms with Crippen molar-refractivity contribution in [1.29, 1.82) is 0 Å². The van der Waals surface area contributed by atoms with Gasteiger partial charge < -0.3 is 15.3 Å². The molecule has 0 aliphatic carbocycles. The first-order valence-corrected chi connectivity index (χ1v) is 7.67. The molecule has 0 aliphatic rings. The minimum Gasteiger partial charge on any atom is -0.391 e. The Morgan fingerprint density at radius 1 is 1.29 bits per heavy atom. The highest BCUT2D eigenvalue weighted by Gasteiger charge is 2.16. The monoisotopic (exact) mass is 292 g/mol. The topological polar surface area (TPSA) is 52.6 Å². The SMILES string of the molecule is CCC(CC)C(O)CNC(=O)c1cccc(CN(C)C)c1. The van der Waals surface area contributed by atoms with Crippen molar-refractivity contribution in [3.63, 3.8) is 0 Å². The second-order valence-corrected chi connectivity index (χ2v) is 5.79. The van der Waals surface area contributed by atoms with Crippen molar-refractivity contribution < 1.29 is 9.90 Å². The molecule has 0 heterocycles. The Bertz CT molecular complexity index is 442. The van der Waals surface area contributed by atoms with Gasteiger partial charge in [-0.25, -0.2) is 0 Å². The predicted molar refractivity (Wildman–Crippen MR) is 86.2 cm³/mol. The Morgan fingerprint density at radius 3 is 2.52 bits per heavy atom. The maximum atomic E-state index is 12.2. The summed E-state index contributed by atoms with van der Waals surface area (Å²) in [7, 11) is 4.00. The van der Waals surface area contributed by atoms with Gasteiger partial charge in [0.25, 0.3) is 5.91 Å². The van der Waals surface area contributed by atoms with Crippen molar-refractivity contribution in [1.82, 2.24) is 10.2 Å². The van der Waals surface area contributed by atoms with Gasteiger partial charge in [0.1, 0.15) is 0 Å². The highest BCUT2D eigenvalue weighted by molar-refractivity contribution is 5.94. The summed E-state index contributed by atoms with van der Waals surface area (Å²) in [4.78, 5) is 14.2. The van der Waals surface area contributed by atoms with E-state index in [1.165, 1.54) is 0 Å². The van der Waals surface area contributed by atoms with Crippen LogP contribution in [0.2, 0.25) is 0 Å². The highest BCUT2D eigenvalue weighted by Crippen LogP contribution is 2.12. The molecule has 0 fully saturated rings. The van der Waals surface area contributed by atoms with Gasteiger partial charge in [-0.05, 0) is 37.7 Å². The van der Waals surface area contributed by atoms with Gasteiger partial charge in [0.2, 0.25) is 0 Å². The van der Waals surface area contributed by atoms with E-state index in [1.807, 2.05) is 32.3 Å². The molecule has 0 bridgehead atoms. The molecule has 0 saturated carbocycles. The number of nitrogens with zero attached hydrogens (tertiary/aromatic N) is 1. The number of aliphatic hydroxyl groups is 1. The summed E-state index contributed by atoms with van der Waals surface area (Å²) in [5.74, 6) is 0.117. The zero-order valence-electron chi connectivity index (χ0n) is 13.6. The average Bonchev–Trinajstić information content (AvgIpc) is 2.45. The Hall–Kier alpha value is -1.39. The number of carbonyl (C=O) groups is 1. The molecule has 0 aliphatic heterocycles. The van der Waals surface area contributed by atoms with Gasteiger partial charge in [0.05, 0.1) is 6.10 Å². The minimum absolute atomic E-state index is 0.124. The number of hydrogen-bond donors (Lipinski definition) is 2. The van der Waals surface area contributed by atoms with Gasteiger partial charge in [-0.3, -0.25) is 4.79 Å². The van der Waals surface area contributed by atoms with E-state index >= 15 is 0 Å². The molecular weight excluding hydrogens is 264 g/mol. The lowest BCUT2D eigenvalue weighted by Gasteiger charge is -2.20. The summed E-state index contributed by atoms with van der Waals surface area (Å²) in [6.07, 6.45) is 1.37. The third kappa shape index (κ3) is 5.86. The zero-order chi connectivity index (χ0) is 15.8. The fourth-order valence-electron chi connectivity index (χ4n) is 2.47. The second-order valence-electron chi connectivity index (χ2n) is 5.79. The Labute approximate surface area is 128 Å². The number of nitrogens with one attached hydrogen (secondary N) is 1. The van der Waals surface area contributed by atoms with E-state index in [0.717, 1.165) is 24.9 Å². The van der Waals surface area contributed by atoms with Crippen LogP contribution in [0.15, 0.2) is 24.3 Å². The normalized spacial score (nSPS) is 12.7. The summed E-state index contributed by atoms with van der Waals surface area (Å²) in [5, 5.41) is 12.9. The molecule has 0 aromatic heterocycles. The van der Waals surface area contributed by atoms with Gasteiger partial charge in [-0.2, -0.15) is 0 Å². The summed E-state index contributed by atoms with van der Waals surface area (Å²) in [6.45, 7) is 5.23. The number of amides is 1. The first-order valence-electron chi connectivity index (χ1n) is 7.67. The van der Waals surface area contributed by atoms with Gasteiger partial charge in [-0.15, -0.1) is 0 Å². The number of rotatable bonds is 8. The predicted octanol–water partition coefficient (Wildman–Crippen LogP) is 2.28. The molecular formula is C17H28N2O2. The fourth-order valence-corrected chi connectivity index (χ4v) is 2.47. The van der Waals surface area contributed by atoms with Crippen molar-refractivity contribution in [2.75, 3.05) is 20.6 Å². The molecule has 1 amide bonds. The molecule has 1 atom stereocenters. The van der Waals surface area contributed by atoms with Gasteiger partial charge in [0.15, 0.2) is 0 Å². The first-order chi connectivity index (χ1) is 9.97. The molecule has 0 spiro atoms. The number of aliphatic hydroxyl groups excluding tert-OH is 1. The van der Waals surface area contributed by atoms with Crippen LogP contribution >= 0.6 is 0 Å². The van der Waals surface area contributed by atoms with Crippen LogP contribution in [0.4, 0.5) is 0 Å².